The Morgan fingerprint density at radius 2 is 1.70 bits per heavy atom. The minimum Gasteiger partial charge on any atom is -0.355 e. The fourth-order valence-electron chi connectivity index (χ4n) is 1.51. The van der Waals surface area contributed by atoms with Crippen molar-refractivity contribution in [2.75, 3.05) is 13.1 Å². The number of carbonyl (C=O) groups excluding carboxylic acids is 2. The molecule has 2 N–H and O–H groups in total. The smallest absolute Gasteiger partial charge is 0.251 e. The van der Waals surface area contributed by atoms with Crippen molar-refractivity contribution >= 4 is 11.8 Å². The number of amides is 2. The summed E-state index contributed by atoms with van der Waals surface area (Å²) < 4.78 is 25.9. The van der Waals surface area contributed by atoms with Crippen LogP contribution in [-0.4, -0.2) is 24.9 Å². The van der Waals surface area contributed by atoms with Crippen molar-refractivity contribution in [3.8, 4) is 0 Å². The Hall–Kier alpha value is -1.98. The third-order valence-electron chi connectivity index (χ3n) is 2.58. The number of rotatable bonds is 6. The van der Waals surface area contributed by atoms with Gasteiger partial charge < -0.3 is 10.6 Å². The molecule has 2 amide bonds. The summed E-state index contributed by atoms with van der Waals surface area (Å²) in [6.07, 6.45) is 0.842. The third-order valence-corrected chi connectivity index (χ3v) is 2.58. The van der Waals surface area contributed by atoms with Crippen LogP contribution in [0.2, 0.25) is 0 Å². The van der Waals surface area contributed by atoms with Crippen molar-refractivity contribution in [3.63, 3.8) is 0 Å². The summed E-state index contributed by atoms with van der Waals surface area (Å²) in [6.45, 7) is 4.37. The van der Waals surface area contributed by atoms with E-state index < -0.39 is 17.5 Å². The Bertz CT molecular complexity index is 470. The fourth-order valence-corrected chi connectivity index (χ4v) is 1.51. The van der Waals surface area contributed by atoms with Crippen LogP contribution >= 0.6 is 0 Å². The van der Waals surface area contributed by atoms with Crippen molar-refractivity contribution < 1.29 is 18.4 Å². The van der Waals surface area contributed by atoms with E-state index in [1.54, 1.807) is 0 Å². The second kappa shape index (κ2) is 7.57. The van der Waals surface area contributed by atoms with Crippen LogP contribution in [-0.2, 0) is 4.79 Å². The molecule has 0 fully saturated rings. The number of carbonyl (C=O) groups is 2. The lowest BCUT2D eigenvalue weighted by atomic mass is 10.1. The third kappa shape index (κ3) is 5.77. The van der Waals surface area contributed by atoms with Crippen LogP contribution in [0.1, 0.15) is 30.6 Å². The van der Waals surface area contributed by atoms with Gasteiger partial charge in [0, 0.05) is 18.2 Å². The lowest BCUT2D eigenvalue weighted by Gasteiger charge is -2.08. The van der Waals surface area contributed by atoms with Crippen molar-refractivity contribution in [2.45, 2.75) is 20.3 Å². The maximum absolute atomic E-state index is 12.9. The summed E-state index contributed by atoms with van der Waals surface area (Å²) in [7, 11) is 0. The highest BCUT2D eigenvalue weighted by molar-refractivity contribution is 5.96. The van der Waals surface area contributed by atoms with Gasteiger partial charge in [-0.15, -0.1) is 0 Å². The Balaban J connectivity index is 2.41. The Morgan fingerprint density at radius 1 is 1.10 bits per heavy atom. The predicted molar refractivity (Wildman–Crippen MR) is 71.2 cm³/mol. The molecule has 0 aromatic heterocycles. The van der Waals surface area contributed by atoms with Gasteiger partial charge in [0.25, 0.3) is 5.91 Å². The molecule has 0 radical (unpaired) electrons. The maximum Gasteiger partial charge on any atom is 0.251 e. The van der Waals surface area contributed by atoms with Gasteiger partial charge in [0.2, 0.25) is 5.91 Å². The van der Waals surface area contributed by atoms with Crippen molar-refractivity contribution in [1.29, 1.82) is 0 Å². The molecule has 6 heteroatoms. The number of nitrogens with one attached hydrogen (secondary N) is 2. The average molecular weight is 284 g/mol. The van der Waals surface area contributed by atoms with Gasteiger partial charge in [-0.25, -0.2) is 8.78 Å². The van der Waals surface area contributed by atoms with Gasteiger partial charge in [-0.2, -0.15) is 0 Å². The first-order chi connectivity index (χ1) is 9.38. The second-order valence-corrected chi connectivity index (χ2v) is 4.87. The minimum atomic E-state index is -0.837. The zero-order chi connectivity index (χ0) is 15.1. The molecule has 0 unspecified atom stereocenters. The van der Waals surface area contributed by atoms with Crippen LogP contribution < -0.4 is 10.6 Å². The molecule has 0 bridgehead atoms. The number of halogens is 2. The highest BCUT2D eigenvalue weighted by Crippen LogP contribution is 2.07. The fraction of sp³-hybridized carbons (Fsp3) is 0.429. The molecule has 0 aliphatic rings. The molecule has 0 saturated carbocycles. The molecule has 0 heterocycles. The molecule has 4 nitrogen and oxygen atoms in total. The van der Waals surface area contributed by atoms with Gasteiger partial charge in [0.15, 0.2) is 0 Å². The van der Waals surface area contributed by atoms with Gasteiger partial charge in [0.05, 0.1) is 6.54 Å². The molecular weight excluding hydrogens is 266 g/mol. The van der Waals surface area contributed by atoms with E-state index in [1.165, 1.54) is 0 Å². The zero-order valence-electron chi connectivity index (χ0n) is 11.5. The molecule has 0 spiro atoms. The van der Waals surface area contributed by atoms with Crippen molar-refractivity contribution in [3.05, 3.63) is 35.4 Å². The van der Waals surface area contributed by atoms with Crippen LogP contribution in [0.25, 0.3) is 0 Å². The van der Waals surface area contributed by atoms with E-state index in [2.05, 4.69) is 10.6 Å². The first-order valence-corrected chi connectivity index (χ1v) is 6.39. The van der Waals surface area contributed by atoms with E-state index in [9.17, 15) is 18.4 Å². The summed E-state index contributed by atoms with van der Waals surface area (Å²) in [5.41, 5.74) is -0.155. The first-order valence-electron chi connectivity index (χ1n) is 6.39. The van der Waals surface area contributed by atoms with Crippen molar-refractivity contribution in [1.82, 2.24) is 10.6 Å². The minimum absolute atomic E-state index is 0.155. The van der Waals surface area contributed by atoms with Gasteiger partial charge in [-0.05, 0) is 24.5 Å². The average Bonchev–Trinajstić information content (AvgIpc) is 2.34. The van der Waals surface area contributed by atoms with E-state index in [0.29, 0.717) is 18.5 Å². The molecule has 1 aromatic rings. The molecule has 1 aromatic carbocycles. The second-order valence-electron chi connectivity index (χ2n) is 4.87. The van der Waals surface area contributed by atoms with Crippen LogP contribution in [0.4, 0.5) is 8.78 Å². The van der Waals surface area contributed by atoms with Gasteiger partial charge in [0.1, 0.15) is 11.6 Å². The molecule has 0 aliphatic carbocycles. The van der Waals surface area contributed by atoms with E-state index in [4.69, 9.17) is 0 Å². The standard InChI is InChI=1S/C14H18F2N2O2/c1-9(2)3-4-17-13(19)8-18-14(20)10-5-11(15)7-12(16)6-10/h5-7,9H,3-4,8H2,1-2H3,(H,17,19)(H,18,20). The summed E-state index contributed by atoms with van der Waals surface area (Å²) >= 11 is 0. The Morgan fingerprint density at radius 3 is 2.25 bits per heavy atom. The lowest BCUT2D eigenvalue weighted by molar-refractivity contribution is -0.120. The Labute approximate surface area is 116 Å². The molecule has 0 aliphatic heterocycles. The monoisotopic (exact) mass is 284 g/mol. The number of benzene rings is 1. The zero-order valence-corrected chi connectivity index (χ0v) is 11.5. The highest BCUT2D eigenvalue weighted by atomic mass is 19.1. The normalized spacial score (nSPS) is 10.4. The van der Waals surface area contributed by atoms with Gasteiger partial charge in [-0.1, -0.05) is 13.8 Å². The van der Waals surface area contributed by atoms with Crippen LogP contribution in [0.15, 0.2) is 18.2 Å². The van der Waals surface area contributed by atoms with Crippen LogP contribution in [0.3, 0.4) is 0 Å². The predicted octanol–water partition coefficient (Wildman–Crippen LogP) is 1.86. The molecule has 20 heavy (non-hydrogen) atoms. The van der Waals surface area contributed by atoms with E-state index in [-0.39, 0.29) is 18.0 Å². The molecule has 0 saturated heterocycles. The molecular formula is C14H18F2N2O2. The van der Waals surface area contributed by atoms with Crippen molar-refractivity contribution in [2.24, 2.45) is 5.92 Å². The van der Waals surface area contributed by atoms with Gasteiger partial charge in [-0.3, -0.25) is 9.59 Å². The topological polar surface area (TPSA) is 58.2 Å². The van der Waals surface area contributed by atoms with E-state index in [1.807, 2.05) is 13.8 Å². The summed E-state index contributed by atoms with van der Waals surface area (Å²) in [5, 5.41) is 4.95. The lowest BCUT2D eigenvalue weighted by Crippen LogP contribution is -2.37. The molecule has 1 rings (SSSR count). The number of hydrogen-bond donors (Lipinski definition) is 2. The molecule has 110 valence electrons. The summed E-state index contributed by atoms with van der Waals surface area (Å²) in [5.74, 6) is -2.23. The largest absolute Gasteiger partial charge is 0.355 e. The van der Waals surface area contributed by atoms with Crippen LogP contribution in [0.5, 0.6) is 0 Å². The Kier molecular flexibility index (Phi) is 6.09. The quantitative estimate of drug-likeness (QED) is 0.837. The summed E-state index contributed by atoms with van der Waals surface area (Å²) in [4.78, 5) is 23.0. The SMILES string of the molecule is CC(C)CCNC(=O)CNC(=O)c1cc(F)cc(F)c1. The van der Waals surface area contributed by atoms with Crippen LogP contribution in [0, 0.1) is 17.6 Å². The van der Waals surface area contributed by atoms with E-state index >= 15 is 0 Å². The first kappa shape index (κ1) is 16.1. The highest BCUT2D eigenvalue weighted by Gasteiger charge is 2.10. The number of hydrogen-bond acceptors (Lipinski definition) is 2. The van der Waals surface area contributed by atoms with E-state index in [0.717, 1.165) is 18.6 Å². The van der Waals surface area contributed by atoms with Gasteiger partial charge >= 0.3 is 0 Å². The molecule has 0 atom stereocenters. The maximum atomic E-state index is 12.9. The summed E-state index contributed by atoms with van der Waals surface area (Å²) in [6, 6.07) is 2.50.